The van der Waals surface area contributed by atoms with Gasteiger partial charge in [-0.05, 0) is 37.6 Å². The molecular weight excluding hydrogens is 398 g/mol. The molecule has 0 aliphatic heterocycles. The van der Waals surface area contributed by atoms with Crippen LogP contribution in [-0.2, 0) is 0 Å². The van der Waals surface area contributed by atoms with Gasteiger partial charge in [0.1, 0.15) is 6.10 Å². The molecule has 4 heteroatoms. The van der Waals surface area contributed by atoms with Crippen LogP contribution in [-0.4, -0.2) is 29.4 Å². The average Bonchev–Trinajstić information content (AvgIpc) is 2.82. The topological polar surface area (TPSA) is 57.6 Å². The van der Waals surface area contributed by atoms with Crippen LogP contribution in [0.2, 0.25) is 0 Å². The van der Waals surface area contributed by atoms with E-state index in [-0.39, 0.29) is 18.2 Å². The summed E-state index contributed by atoms with van der Waals surface area (Å²) in [5, 5.41) is 9.98. The van der Waals surface area contributed by atoms with E-state index in [2.05, 4.69) is 11.8 Å². The minimum atomic E-state index is -0.740. The number of hydrogen-bond acceptors (Lipinski definition) is 3. The number of aliphatic hydroxyl groups excluding tert-OH is 1. The van der Waals surface area contributed by atoms with E-state index in [0.29, 0.717) is 28.8 Å². The molecular formula is C28H27NO3. The minimum Gasteiger partial charge on any atom is -0.380 e. The molecule has 0 aliphatic rings. The van der Waals surface area contributed by atoms with E-state index in [1.54, 1.807) is 48.5 Å². The second kappa shape index (κ2) is 11.1. The predicted octanol–water partition coefficient (Wildman–Crippen LogP) is 5.04. The van der Waals surface area contributed by atoms with Gasteiger partial charge >= 0.3 is 0 Å². The molecule has 0 spiro atoms. The van der Waals surface area contributed by atoms with Gasteiger partial charge in [-0.2, -0.15) is 0 Å². The summed E-state index contributed by atoms with van der Waals surface area (Å²) < 4.78 is 0. The Kier molecular flexibility index (Phi) is 7.96. The van der Waals surface area contributed by atoms with Gasteiger partial charge in [-0.15, -0.1) is 0 Å². The van der Waals surface area contributed by atoms with Crippen molar-refractivity contribution in [3.63, 3.8) is 0 Å². The molecule has 3 rings (SSSR count). The van der Waals surface area contributed by atoms with Crippen molar-refractivity contribution in [1.29, 1.82) is 0 Å². The lowest BCUT2D eigenvalue weighted by Gasteiger charge is -2.23. The maximum absolute atomic E-state index is 13.6. The van der Waals surface area contributed by atoms with E-state index in [1.165, 1.54) is 4.90 Å². The van der Waals surface area contributed by atoms with E-state index in [1.807, 2.05) is 44.2 Å². The number of carbonyl (C=O) groups excluding carboxylic acids is 2. The first kappa shape index (κ1) is 23.0. The molecule has 0 fully saturated rings. The Hall–Kier alpha value is -3.68. The number of ketones is 1. The lowest BCUT2D eigenvalue weighted by atomic mass is 10.0. The normalized spacial score (nSPS) is 11.2. The molecule has 0 bridgehead atoms. The van der Waals surface area contributed by atoms with Crippen molar-refractivity contribution < 1.29 is 14.7 Å². The number of aryl methyl sites for hydroxylation is 1. The summed E-state index contributed by atoms with van der Waals surface area (Å²) >= 11 is 0. The van der Waals surface area contributed by atoms with Crippen molar-refractivity contribution in [2.24, 2.45) is 0 Å². The summed E-state index contributed by atoms with van der Waals surface area (Å²) in [5.41, 5.74) is 3.17. The molecule has 3 aromatic carbocycles. The third kappa shape index (κ3) is 5.94. The molecule has 0 saturated heterocycles. The van der Waals surface area contributed by atoms with E-state index < -0.39 is 6.10 Å². The Labute approximate surface area is 189 Å². The van der Waals surface area contributed by atoms with Crippen LogP contribution in [0, 0.1) is 18.8 Å². The summed E-state index contributed by atoms with van der Waals surface area (Å²) in [6.45, 7) is 3.86. The van der Waals surface area contributed by atoms with Gasteiger partial charge in [0.05, 0.1) is 12.1 Å². The van der Waals surface area contributed by atoms with E-state index >= 15 is 0 Å². The predicted molar refractivity (Wildman–Crippen MR) is 128 cm³/mol. The number of amides is 1. The number of aliphatic hydroxyl groups is 1. The third-order valence-corrected chi connectivity index (χ3v) is 5.08. The van der Waals surface area contributed by atoms with Gasteiger partial charge in [-0.1, -0.05) is 85.3 Å². The summed E-state index contributed by atoms with van der Waals surface area (Å²) in [5.74, 6) is 5.30. The van der Waals surface area contributed by atoms with Crippen LogP contribution in [0.3, 0.4) is 0 Å². The number of anilines is 1. The zero-order chi connectivity index (χ0) is 22.9. The standard InChI is InChI=1S/C28H27NO3/c1-3-9-25(30)19-16-22-10-7-8-13-26(22)28(32)29(24-17-14-21(2)15-18-24)20-27(31)23-11-5-4-6-12-23/h4-8,10-15,17-18,25,30H,3,9,20H2,1-2H3. The molecule has 1 unspecified atom stereocenters. The van der Waals surface area contributed by atoms with E-state index in [0.717, 1.165) is 12.0 Å². The number of hydrogen-bond donors (Lipinski definition) is 1. The quantitative estimate of drug-likeness (QED) is 0.426. The molecule has 0 saturated carbocycles. The summed E-state index contributed by atoms with van der Waals surface area (Å²) in [6, 6.07) is 23.5. The fraction of sp³-hybridized carbons (Fsp3) is 0.214. The molecule has 1 atom stereocenters. The number of nitrogens with zero attached hydrogens (tertiary/aromatic N) is 1. The molecule has 162 valence electrons. The highest BCUT2D eigenvalue weighted by molar-refractivity contribution is 6.12. The molecule has 4 nitrogen and oxygen atoms in total. The van der Waals surface area contributed by atoms with Crippen molar-refractivity contribution in [2.75, 3.05) is 11.4 Å². The van der Waals surface area contributed by atoms with Crippen molar-refractivity contribution in [3.05, 3.63) is 101 Å². The second-order valence-electron chi connectivity index (χ2n) is 7.64. The fourth-order valence-corrected chi connectivity index (χ4v) is 3.29. The first-order valence-electron chi connectivity index (χ1n) is 10.7. The smallest absolute Gasteiger partial charge is 0.259 e. The van der Waals surface area contributed by atoms with Crippen molar-refractivity contribution in [2.45, 2.75) is 32.8 Å². The highest BCUT2D eigenvalue weighted by atomic mass is 16.3. The van der Waals surface area contributed by atoms with Crippen LogP contribution in [0.25, 0.3) is 0 Å². The molecule has 0 radical (unpaired) electrons. The van der Waals surface area contributed by atoms with Crippen molar-refractivity contribution >= 4 is 17.4 Å². The lowest BCUT2D eigenvalue weighted by molar-refractivity contribution is 0.0936. The van der Waals surface area contributed by atoms with E-state index in [9.17, 15) is 14.7 Å². The zero-order valence-electron chi connectivity index (χ0n) is 18.4. The number of rotatable bonds is 7. The van der Waals surface area contributed by atoms with Crippen LogP contribution in [0.1, 0.15) is 51.6 Å². The van der Waals surface area contributed by atoms with Crippen LogP contribution >= 0.6 is 0 Å². The van der Waals surface area contributed by atoms with Crippen LogP contribution < -0.4 is 4.90 Å². The third-order valence-electron chi connectivity index (χ3n) is 5.08. The Morgan fingerprint density at radius 2 is 1.59 bits per heavy atom. The van der Waals surface area contributed by atoms with Gasteiger partial charge in [-0.3, -0.25) is 9.59 Å². The largest absolute Gasteiger partial charge is 0.380 e. The van der Waals surface area contributed by atoms with Gasteiger partial charge < -0.3 is 10.0 Å². The van der Waals surface area contributed by atoms with Crippen molar-refractivity contribution in [3.8, 4) is 11.8 Å². The Morgan fingerprint density at radius 3 is 2.28 bits per heavy atom. The number of Topliss-reactive ketones (excluding diaryl/α,β-unsaturated/α-hetero) is 1. The van der Waals surface area contributed by atoms with Crippen LogP contribution in [0.4, 0.5) is 5.69 Å². The van der Waals surface area contributed by atoms with Gasteiger partial charge in [0.2, 0.25) is 0 Å². The first-order chi connectivity index (χ1) is 15.5. The van der Waals surface area contributed by atoms with Crippen molar-refractivity contribution in [1.82, 2.24) is 0 Å². The minimum absolute atomic E-state index is 0.0911. The van der Waals surface area contributed by atoms with Gasteiger partial charge in [0, 0.05) is 16.8 Å². The maximum atomic E-state index is 13.6. The van der Waals surface area contributed by atoms with Gasteiger partial charge in [0.15, 0.2) is 5.78 Å². The summed E-state index contributed by atoms with van der Waals surface area (Å²) in [4.78, 5) is 28.1. The van der Waals surface area contributed by atoms with E-state index in [4.69, 9.17) is 0 Å². The van der Waals surface area contributed by atoms with Crippen LogP contribution in [0.15, 0.2) is 78.9 Å². The van der Waals surface area contributed by atoms with Gasteiger partial charge in [0.25, 0.3) is 5.91 Å². The molecule has 0 aliphatic carbocycles. The molecule has 32 heavy (non-hydrogen) atoms. The van der Waals surface area contributed by atoms with Crippen LogP contribution in [0.5, 0.6) is 0 Å². The Bertz CT molecular complexity index is 1120. The molecule has 1 N–H and O–H groups in total. The Balaban J connectivity index is 1.97. The first-order valence-corrected chi connectivity index (χ1v) is 10.7. The molecule has 0 aromatic heterocycles. The Morgan fingerprint density at radius 1 is 0.938 bits per heavy atom. The lowest BCUT2D eigenvalue weighted by Crippen LogP contribution is -2.36. The molecule has 3 aromatic rings. The summed E-state index contributed by atoms with van der Waals surface area (Å²) in [6.07, 6.45) is 0.652. The molecule has 1 amide bonds. The average molecular weight is 426 g/mol. The maximum Gasteiger partial charge on any atom is 0.259 e. The number of benzene rings is 3. The highest BCUT2D eigenvalue weighted by Crippen LogP contribution is 2.21. The molecule has 0 heterocycles. The highest BCUT2D eigenvalue weighted by Gasteiger charge is 2.23. The van der Waals surface area contributed by atoms with Gasteiger partial charge in [-0.25, -0.2) is 0 Å². The fourth-order valence-electron chi connectivity index (χ4n) is 3.29. The number of carbonyl (C=O) groups is 2. The SMILES string of the molecule is CCCC(O)C#Cc1ccccc1C(=O)N(CC(=O)c1ccccc1)c1ccc(C)cc1. The second-order valence-corrected chi connectivity index (χ2v) is 7.64. The summed E-state index contributed by atoms with van der Waals surface area (Å²) in [7, 11) is 0. The monoisotopic (exact) mass is 425 g/mol. The zero-order valence-corrected chi connectivity index (χ0v) is 18.4.